The molecule has 2 unspecified atom stereocenters. The van der Waals surface area contributed by atoms with E-state index in [2.05, 4.69) is 31.4 Å². The molecule has 30 heavy (non-hydrogen) atoms. The molecular formula is C22H37N3O4S. The number of likely N-dealkylation sites (tertiary alicyclic amines) is 1. The highest BCUT2D eigenvalue weighted by Gasteiger charge is 2.74. The maximum Gasteiger partial charge on any atom is 0.244 e. The Morgan fingerprint density at radius 1 is 1.27 bits per heavy atom. The first-order valence-corrected chi connectivity index (χ1v) is 11.8. The van der Waals surface area contributed by atoms with Crippen LogP contribution in [0.25, 0.3) is 0 Å². The van der Waals surface area contributed by atoms with Gasteiger partial charge in [-0.15, -0.1) is 11.8 Å². The summed E-state index contributed by atoms with van der Waals surface area (Å²) in [4.78, 5) is 41.5. The third kappa shape index (κ3) is 3.74. The van der Waals surface area contributed by atoms with Gasteiger partial charge in [-0.05, 0) is 45.4 Å². The maximum absolute atomic E-state index is 13.7. The molecular weight excluding hydrogens is 402 g/mol. The summed E-state index contributed by atoms with van der Waals surface area (Å²) in [6.45, 7) is 12.0. The van der Waals surface area contributed by atoms with E-state index in [1.807, 2.05) is 13.8 Å². The molecule has 170 valence electrons. The van der Waals surface area contributed by atoms with Gasteiger partial charge in [-0.2, -0.15) is 0 Å². The average Bonchev–Trinajstić information content (AvgIpc) is 3.25. The smallest absolute Gasteiger partial charge is 0.244 e. The lowest BCUT2D eigenvalue weighted by molar-refractivity contribution is -0.142. The van der Waals surface area contributed by atoms with Gasteiger partial charge >= 0.3 is 0 Å². The molecule has 0 aromatic rings. The first-order valence-electron chi connectivity index (χ1n) is 10.9. The van der Waals surface area contributed by atoms with E-state index in [0.29, 0.717) is 0 Å². The third-order valence-corrected chi connectivity index (χ3v) is 8.66. The summed E-state index contributed by atoms with van der Waals surface area (Å²) >= 11 is 1.65. The van der Waals surface area contributed by atoms with Gasteiger partial charge in [0.25, 0.3) is 0 Å². The quantitative estimate of drug-likeness (QED) is 0.583. The van der Waals surface area contributed by atoms with E-state index in [0.717, 1.165) is 19.3 Å². The second-order valence-corrected chi connectivity index (χ2v) is 12.7. The number of carbonyl (C=O) groups excluding carboxylic acids is 3. The summed E-state index contributed by atoms with van der Waals surface area (Å²) < 4.78 is -0.607. The number of aliphatic hydroxyl groups is 1. The molecule has 8 heteroatoms. The summed E-state index contributed by atoms with van der Waals surface area (Å²) in [6.07, 6.45) is 2.34. The number of nitrogens with one attached hydrogen (secondary N) is 2. The first kappa shape index (κ1) is 23.4. The lowest BCUT2D eigenvalue weighted by Gasteiger charge is -2.40. The van der Waals surface area contributed by atoms with Crippen LogP contribution in [0.4, 0.5) is 0 Å². The fourth-order valence-electron chi connectivity index (χ4n) is 6.19. The number of rotatable bonds is 6. The molecule has 0 aliphatic carbocycles. The number of thioether (sulfide) groups is 1. The van der Waals surface area contributed by atoms with Gasteiger partial charge in [0.15, 0.2) is 0 Å². The van der Waals surface area contributed by atoms with Gasteiger partial charge in [0.05, 0.1) is 29.2 Å². The van der Waals surface area contributed by atoms with Crippen molar-refractivity contribution in [1.82, 2.24) is 15.5 Å². The van der Waals surface area contributed by atoms with Crippen molar-refractivity contribution in [3.05, 3.63) is 0 Å². The van der Waals surface area contributed by atoms with Crippen molar-refractivity contribution >= 4 is 29.5 Å². The molecule has 6 atom stereocenters. The number of hydrogen-bond acceptors (Lipinski definition) is 5. The van der Waals surface area contributed by atoms with Gasteiger partial charge in [0.2, 0.25) is 17.7 Å². The van der Waals surface area contributed by atoms with Gasteiger partial charge in [-0.3, -0.25) is 14.4 Å². The van der Waals surface area contributed by atoms with Crippen molar-refractivity contribution in [2.45, 2.75) is 88.4 Å². The molecule has 1 spiro atoms. The Labute approximate surface area is 184 Å². The molecule has 0 aromatic carbocycles. The summed E-state index contributed by atoms with van der Waals surface area (Å²) in [6, 6.07) is -1.16. The van der Waals surface area contributed by atoms with Crippen LogP contribution in [0.5, 0.6) is 0 Å². The zero-order valence-electron chi connectivity index (χ0n) is 19.2. The molecule has 3 rings (SSSR count). The number of carbonyl (C=O) groups is 3. The first-order chi connectivity index (χ1) is 13.8. The second-order valence-electron chi connectivity index (χ2n) is 11.1. The van der Waals surface area contributed by atoms with E-state index in [1.165, 1.54) is 0 Å². The van der Waals surface area contributed by atoms with Crippen LogP contribution < -0.4 is 10.6 Å². The van der Waals surface area contributed by atoms with Crippen LogP contribution >= 0.6 is 11.8 Å². The van der Waals surface area contributed by atoms with E-state index in [-0.39, 0.29) is 35.0 Å². The minimum Gasteiger partial charge on any atom is -0.394 e. The van der Waals surface area contributed by atoms with E-state index in [1.54, 1.807) is 30.6 Å². The van der Waals surface area contributed by atoms with Crippen LogP contribution in [0.1, 0.15) is 60.8 Å². The zero-order valence-corrected chi connectivity index (χ0v) is 20.1. The third-order valence-electron chi connectivity index (χ3n) is 6.71. The van der Waals surface area contributed by atoms with Gasteiger partial charge in [0, 0.05) is 17.8 Å². The fourth-order valence-corrected chi connectivity index (χ4v) is 8.40. The van der Waals surface area contributed by atoms with Crippen LogP contribution in [0.2, 0.25) is 0 Å². The predicted octanol–water partition coefficient (Wildman–Crippen LogP) is 1.54. The average molecular weight is 440 g/mol. The maximum atomic E-state index is 13.7. The lowest BCUT2D eigenvalue weighted by Crippen LogP contribution is -2.59. The Balaban J connectivity index is 1.98. The van der Waals surface area contributed by atoms with Crippen LogP contribution in [-0.2, 0) is 14.4 Å². The van der Waals surface area contributed by atoms with Gasteiger partial charge in [-0.1, -0.05) is 20.8 Å². The molecule has 3 aliphatic rings. The standard InChI is InChI=1S/C22H37N3O4S/c1-12(10-26)25-16(18(28)24-21(5,6)11-20(2,3)4)22-9-8-13(30-22)14(17(27)23-7)15(22)19(25)29/h12-16,26H,8-11H2,1-7H3,(H,23,27)(H,24,28)/t12-,13-,14+,15+,16?,22?/m1/s1. The van der Waals surface area contributed by atoms with Gasteiger partial charge in [-0.25, -0.2) is 0 Å². The Hall–Kier alpha value is -1.28. The van der Waals surface area contributed by atoms with Crippen molar-refractivity contribution < 1.29 is 19.5 Å². The Morgan fingerprint density at radius 2 is 1.90 bits per heavy atom. The van der Waals surface area contributed by atoms with E-state index in [9.17, 15) is 19.5 Å². The van der Waals surface area contributed by atoms with Crippen LogP contribution in [0.3, 0.4) is 0 Å². The Morgan fingerprint density at radius 3 is 2.43 bits per heavy atom. The zero-order chi connectivity index (χ0) is 22.6. The van der Waals surface area contributed by atoms with Crippen molar-refractivity contribution in [3.63, 3.8) is 0 Å². The number of amides is 3. The van der Waals surface area contributed by atoms with Crippen LogP contribution in [0, 0.1) is 17.3 Å². The summed E-state index contributed by atoms with van der Waals surface area (Å²) in [5.41, 5.74) is -0.408. The monoisotopic (exact) mass is 439 g/mol. The molecule has 0 aromatic heterocycles. The molecule has 3 saturated heterocycles. The summed E-state index contributed by atoms with van der Waals surface area (Å²) in [5.74, 6) is -1.41. The molecule has 7 nitrogen and oxygen atoms in total. The van der Waals surface area contributed by atoms with E-state index >= 15 is 0 Å². The molecule has 0 radical (unpaired) electrons. The Bertz CT molecular complexity index is 734. The van der Waals surface area contributed by atoms with Crippen LogP contribution in [0.15, 0.2) is 0 Å². The topological polar surface area (TPSA) is 98.7 Å². The van der Waals surface area contributed by atoms with Crippen molar-refractivity contribution in [3.8, 4) is 0 Å². The minimum absolute atomic E-state index is 0.0338. The molecule has 3 heterocycles. The highest BCUT2D eigenvalue weighted by Crippen LogP contribution is 2.66. The van der Waals surface area contributed by atoms with Crippen molar-refractivity contribution in [2.75, 3.05) is 13.7 Å². The SMILES string of the molecule is CNC(=O)[C@@H]1[C@H]2C(=O)N([C@H](C)CO)C(C(=O)NC(C)(C)CC(C)(C)C)C23CC[C@H]1S3. The molecule has 3 aliphatic heterocycles. The normalized spacial score (nSPS) is 34.1. The lowest BCUT2D eigenvalue weighted by atomic mass is 9.70. The van der Waals surface area contributed by atoms with E-state index < -0.39 is 34.2 Å². The number of fused-ring (bicyclic) bond motifs is 1. The summed E-state index contributed by atoms with van der Waals surface area (Å²) in [7, 11) is 1.60. The predicted molar refractivity (Wildman–Crippen MR) is 118 cm³/mol. The Kier molecular flexibility index (Phi) is 6.00. The van der Waals surface area contributed by atoms with Crippen molar-refractivity contribution in [1.29, 1.82) is 0 Å². The fraction of sp³-hybridized carbons (Fsp3) is 0.864. The molecule has 3 N–H and O–H groups in total. The number of nitrogens with zero attached hydrogens (tertiary/aromatic N) is 1. The highest BCUT2D eigenvalue weighted by atomic mass is 32.2. The molecule has 2 bridgehead atoms. The molecule has 0 saturated carbocycles. The molecule has 3 amide bonds. The van der Waals surface area contributed by atoms with E-state index in [4.69, 9.17) is 0 Å². The largest absolute Gasteiger partial charge is 0.394 e. The minimum atomic E-state index is -0.680. The molecule has 3 fully saturated rings. The highest BCUT2D eigenvalue weighted by molar-refractivity contribution is 8.02. The number of hydrogen-bond donors (Lipinski definition) is 3. The van der Waals surface area contributed by atoms with Gasteiger partial charge < -0.3 is 20.6 Å². The second kappa shape index (κ2) is 7.69. The number of aliphatic hydroxyl groups excluding tert-OH is 1. The van der Waals surface area contributed by atoms with Crippen molar-refractivity contribution in [2.24, 2.45) is 17.3 Å². The summed E-state index contributed by atoms with van der Waals surface area (Å²) in [5, 5.41) is 15.8. The van der Waals surface area contributed by atoms with Crippen LogP contribution in [-0.4, -0.2) is 69.0 Å². The van der Waals surface area contributed by atoms with Gasteiger partial charge in [0.1, 0.15) is 6.04 Å².